The molecular formula is C14H18N+. The fourth-order valence-corrected chi connectivity index (χ4v) is 2.29. The summed E-state index contributed by atoms with van der Waals surface area (Å²) in [5.74, 6) is 0. The summed E-state index contributed by atoms with van der Waals surface area (Å²) in [6.45, 7) is 7.17. The second-order valence-electron chi connectivity index (χ2n) is 4.25. The molecule has 1 heteroatoms. The first-order valence-electron chi connectivity index (χ1n) is 5.53. The molecule has 0 fully saturated rings. The highest BCUT2D eigenvalue weighted by molar-refractivity contribution is 5.98. The van der Waals surface area contributed by atoms with E-state index in [9.17, 15) is 0 Å². The second-order valence-corrected chi connectivity index (χ2v) is 4.25. The molecule has 1 heterocycles. The van der Waals surface area contributed by atoms with E-state index in [0.717, 1.165) is 0 Å². The first-order chi connectivity index (χ1) is 7.22. The fraction of sp³-hybridized carbons (Fsp3) is 0.357. The normalized spacial score (nSPS) is 15.9. The van der Waals surface area contributed by atoms with Crippen LogP contribution < -0.4 is 0 Å². The van der Waals surface area contributed by atoms with Crippen molar-refractivity contribution >= 4 is 11.8 Å². The van der Waals surface area contributed by atoms with Gasteiger partial charge in [-0.3, -0.25) is 0 Å². The second kappa shape index (κ2) is 4.01. The summed E-state index contributed by atoms with van der Waals surface area (Å²) < 4.78 is 2.37. The summed E-state index contributed by atoms with van der Waals surface area (Å²) in [7, 11) is 2.18. The Bertz CT molecular complexity index is 427. The quantitative estimate of drug-likeness (QED) is 0.646. The van der Waals surface area contributed by atoms with Crippen molar-refractivity contribution < 1.29 is 4.58 Å². The first-order valence-corrected chi connectivity index (χ1v) is 5.53. The SMILES string of the molecule is C=Cc1ccc(C2=[N+](C)CCC2)c(C)c1. The summed E-state index contributed by atoms with van der Waals surface area (Å²) in [4.78, 5) is 0. The topological polar surface area (TPSA) is 3.01 Å². The Morgan fingerprint density at radius 2 is 2.20 bits per heavy atom. The molecule has 1 aliphatic rings. The Hall–Kier alpha value is -1.37. The van der Waals surface area contributed by atoms with Crippen LogP contribution in [0.1, 0.15) is 29.5 Å². The van der Waals surface area contributed by atoms with Crippen LogP contribution in [0.25, 0.3) is 6.08 Å². The lowest BCUT2D eigenvalue weighted by Gasteiger charge is -2.04. The van der Waals surface area contributed by atoms with Gasteiger partial charge in [-0.1, -0.05) is 24.8 Å². The molecular weight excluding hydrogens is 182 g/mol. The first kappa shape index (κ1) is 10.2. The number of benzene rings is 1. The molecule has 0 saturated heterocycles. The third kappa shape index (κ3) is 1.87. The van der Waals surface area contributed by atoms with Gasteiger partial charge in [0.2, 0.25) is 0 Å². The van der Waals surface area contributed by atoms with Gasteiger partial charge in [0.1, 0.15) is 13.6 Å². The summed E-state index contributed by atoms with van der Waals surface area (Å²) in [6.07, 6.45) is 4.40. The summed E-state index contributed by atoms with van der Waals surface area (Å²) in [5, 5.41) is 0. The summed E-state index contributed by atoms with van der Waals surface area (Å²) in [5.41, 5.74) is 5.46. The molecule has 0 N–H and O–H groups in total. The van der Waals surface area contributed by atoms with E-state index < -0.39 is 0 Å². The van der Waals surface area contributed by atoms with Crippen molar-refractivity contribution in [2.75, 3.05) is 13.6 Å². The molecule has 0 aliphatic carbocycles. The third-order valence-electron chi connectivity index (χ3n) is 3.16. The van der Waals surface area contributed by atoms with E-state index in [-0.39, 0.29) is 0 Å². The van der Waals surface area contributed by atoms with Gasteiger partial charge in [0.05, 0.1) is 0 Å². The molecule has 78 valence electrons. The molecule has 0 aromatic heterocycles. The van der Waals surface area contributed by atoms with Gasteiger partial charge >= 0.3 is 0 Å². The highest BCUT2D eigenvalue weighted by Gasteiger charge is 2.21. The van der Waals surface area contributed by atoms with E-state index in [1.165, 1.54) is 41.8 Å². The molecule has 0 atom stereocenters. The fourth-order valence-electron chi connectivity index (χ4n) is 2.29. The molecule has 0 radical (unpaired) electrons. The Kier molecular flexibility index (Phi) is 2.72. The largest absolute Gasteiger partial charge is 0.236 e. The molecule has 0 bridgehead atoms. The Balaban J connectivity index is 2.45. The van der Waals surface area contributed by atoms with E-state index in [2.05, 4.69) is 43.3 Å². The molecule has 1 aromatic rings. The summed E-state index contributed by atoms with van der Waals surface area (Å²) >= 11 is 0. The Labute approximate surface area is 91.8 Å². The van der Waals surface area contributed by atoms with Crippen LogP contribution in [0.5, 0.6) is 0 Å². The average molecular weight is 200 g/mol. The summed E-state index contributed by atoms with van der Waals surface area (Å²) in [6, 6.07) is 6.58. The van der Waals surface area contributed by atoms with Crippen molar-refractivity contribution in [3.63, 3.8) is 0 Å². The number of nitrogens with zero attached hydrogens (tertiary/aromatic N) is 1. The van der Waals surface area contributed by atoms with Crippen LogP contribution in [0.2, 0.25) is 0 Å². The van der Waals surface area contributed by atoms with E-state index in [1.807, 2.05) is 6.08 Å². The van der Waals surface area contributed by atoms with Crippen LogP contribution >= 0.6 is 0 Å². The van der Waals surface area contributed by atoms with Crippen molar-refractivity contribution in [2.45, 2.75) is 19.8 Å². The van der Waals surface area contributed by atoms with E-state index in [0.29, 0.717) is 0 Å². The molecule has 0 spiro atoms. The van der Waals surface area contributed by atoms with Gasteiger partial charge in [-0.05, 0) is 24.1 Å². The number of aryl methyl sites for hydroxylation is 1. The molecule has 1 aliphatic heterocycles. The molecule has 1 nitrogen and oxygen atoms in total. The molecule has 15 heavy (non-hydrogen) atoms. The lowest BCUT2D eigenvalue weighted by atomic mass is 9.99. The maximum Gasteiger partial charge on any atom is 0.183 e. The molecule has 2 rings (SSSR count). The lowest BCUT2D eigenvalue weighted by molar-refractivity contribution is -0.488. The predicted octanol–water partition coefficient (Wildman–Crippen LogP) is 2.86. The zero-order valence-corrected chi connectivity index (χ0v) is 9.59. The van der Waals surface area contributed by atoms with Crippen molar-refractivity contribution in [3.8, 4) is 0 Å². The Morgan fingerprint density at radius 1 is 1.40 bits per heavy atom. The monoisotopic (exact) mass is 200 g/mol. The lowest BCUT2D eigenvalue weighted by Crippen LogP contribution is -2.12. The standard InChI is InChI=1S/C14H18N/c1-4-12-7-8-13(11(2)10-12)14-6-5-9-15(14)3/h4,7-8,10H,1,5-6,9H2,2-3H3/q+1. The minimum absolute atomic E-state index is 1.19. The molecule has 0 saturated carbocycles. The van der Waals surface area contributed by atoms with E-state index in [4.69, 9.17) is 0 Å². The van der Waals surface area contributed by atoms with Crippen LogP contribution in [-0.2, 0) is 0 Å². The zero-order valence-electron chi connectivity index (χ0n) is 9.59. The van der Waals surface area contributed by atoms with Gasteiger partial charge in [0, 0.05) is 18.4 Å². The molecule has 1 aromatic carbocycles. The van der Waals surface area contributed by atoms with Gasteiger partial charge in [-0.25, -0.2) is 4.58 Å². The average Bonchev–Trinajstić information content (AvgIpc) is 2.64. The molecule has 0 amide bonds. The number of hydrogen-bond acceptors (Lipinski definition) is 0. The highest BCUT2D eigenvalue weighted by Crippen LogP contribution is 2.18. The third-order valence-corrected chi connectivity index (χ3v) is 3.16. The van der Waals surface area contributed by atoms with Gasteiger partial charge in [0.15, 0.2) is 5.71 Å². The van der Waals surface area contributed by atoms with Crippen molar-refractivity contribution in [1.82, 2.24) is 0 Å². The minimum atomic E-state index is 1.19. The van der Waals surface area contributed by atoms with Gasteiger partial charge < -0.3 is 0 Å². The smallest absolute Gasteiger partial charge is 0.183 e. The maximum atomic E-state index is 3.80. The molecule has 0 unspecified atom stereocenters. The van der Waals surface area contributed by atoms with Crippen LogP contribution in [0.3, 0.4) is 0 Å². The van der Waals surface area contributed by atoms with Crippen LogP contribution in [0.15, 0.2) is 24.8 Å². The van der Waals surface area contributed by atoms with Crippen molar-refractivity contribution in [2.24, 2.45) is 0 Å². The maximum absolute atomic E-state index is 3.80. The van der Waals surface area contributed by atoms with Crippen LogP contribution in [-0.4, -0.2) is 23.9 Å². The predicted molar refractivity (Wildman–Crippen MR) is 65.7 cm³/mol. The highest BCUT2D eigenvalue weighted by atomic mass is 15.0. The van der Waals surface area contributed by atoms with Crippen LogP contribution in [0, 0.1) is 6.92 Å². The number of rotatable bonds is 2. The number of hydrogen-bond donors (Lipinski definition) is 0. The van der Waals surface area contributed by atoms with Gasteiger partial charge in [0.25, 0.3) is 0 Å². The van der Waals surface area contributed by atoms with Crippen molar-refractivity contribution in [3.05, 3.63) is 41.5 Å². The van der Waals surface area contributed by atoms with Gasteiger partial charge in [-0.15, -0.1) is 0 Å². The minimum Gasteiger partial charge on any atom is -0.236 e. The van der Waals surface area contributed by atoms with E-state index >= 15 is 0 Å². The van der Waals surface area contributed by atoms with Gasteiger partial charge in [-0.2, -0.15) is 0 Å². The Morgan fingerprint density at radius 3 is 2.73 bits per heavy atom. The van der Waals surface area contributed by atoms with Crippen LogP contribution in [0.4, 0.5) is 0 Å². The van der Waals surface area contributed by atoms with E-state index in [1.54, 1.807) is 0 Å². The van der Waals surface area contributed by atoms with Crippen molar-refractivity contribution in [1.29, 1.82) is 0 Å². The zero-order chi connectivity index (χ0) is 10.8.